The average molecular weight is 344 g/mol. The van der Waals surface area contributed by atoms with Crippen molar-refractivity contribution in [1.82, 2.24) is 10.1 Å². The minimum atomic E-state index is -0.505. The van der Waals surface area contributed by atoms with Crippen molar-refractivity contribution in [2.24, 2.45) is 0 Å². The van der Waals surface area contributed by atoms with Gasteiger partial charge in [-0.3, -0.25) is 19.8 Å². The van der Waals surface area contributed by atoms with Crippen molar-refractivity contribution in [3.05, 3.63) is 41.1 Å². The quantitative estimate of drug-likeness (QED) is 0.841. The fraction of sp³-hybridized carbons (Fsp3) is 0.389. The van der Waals surface area contributed by atoms with Crippen LogP contribution in [0, 0.1) is 20.8 Å². The summed E-state index contributed by atoms with van der Waals surface area (Å²) in [6, 6.07) is 6.97. The third kappa shape index (κ3) is 4.90. The Morgan fingerprint density at radius 3 is 2.40 bits per heavy atom. The standard InChI is InChI=1S/C18H24N4O3/c1-11-7-6-8-12(2)17(11)19-15(23)10-22(5)14(4)18(24)20-16-9-13(3)21-25-16/h6-9,14H,10H2,1-5H3,(H,19,23)(H,20,24)/t14-/m1/s1. The third-order valence-electron chi connectivity index (χ3n) is 4.05. The largest absolute Gasteiger partial charge is 0.338 e. The maximum atomic E-state index is 12.3. The highest BCUT2D eigenvalue weighted by Crippen LogP contribution is 2.19. The number of nitrogens with zero attached hydrogens (tertiary/aromatic N) is 2. The van der Waals surface area contributed by atoms with E-state index in [1.807, 2.05) is 32.0 Å². The van der Waals surface area contributed by atoms with Crippen LogP contribution in [0.25, 0.3) is 0 Å². The summed E-state index contributed by atoms with van der Waals surface area (Å²) in [7, 11) is 1.72. The van der Waals surface area contributed by atoms with Gasteiger partial charge in [0.05, 0.1) is 18.3 Å². The molecule has 0 saturated heterocycles. The third-order valence-corrected chi connectivity index (χ3v) is 4.05. The molecule has 1 aromatic carbocycles. The molecule has 2 N–H and O–H groups in total. The van der Waals surface area contributed by atoms with Gasteiger partial charge in [-0.15, -0.1) is 0 Å². The molecule has 0 saturated carbocycles. The van der Waals surface area contributed by atoms with Crippen molar-refractivity contribution in [1.29, 1.82) is 0 Å². The number of carbonyl (C=O) groups is 2. The molecule has 7 heteroatoms. The molecule has 0 spiro atoms. The molecule has 2 amide bonds. The van der Waals surface area contributed by atoms with E-state index in [4.69, 9.17) is 4.52 Å². The zero-order valence-corrected chi connectivity index (χ0v) is 15.2. The van der Waals surface area contributed by atoms with Crippen molar-refractivity contribution >= 4 is 23.4 Å². The first-order chi connectivity index (χ1) is 11.8. The Morgan fingerprint density at radius 1 is 1.20 bits per heavy atom. The monoisotopic (exact) mass is 344 g/mol. The number of aromatic nitrogens is 1. The molecule has 1 aromatic heterocycles. The van der Waals surface area contributed by atoms with E-state index < -0.39 is 6.04 Å². The molecule has 2 rings (SSSR count). The van der Waals surface area contributed by atoms with Gasteiger partial charge in [0.25, 0.3) is 0 Å². The number of likely N-dealkylation sites (N-methyl/N-ethyl adjacent to an activating group) is 1. The van der Waals surface area contributed by atoms with E-state index in [1.54, 1.807) is 31.9 Å². The number of rotatable bonds is 6. The Morgan fingerprint density at radius 2 is 1.84 bits per heavy atom. The zero-order chi connectivity index (χ0) is 18.6. The molecule has 0 unspecified atom stereocenters. The lowest BCUT2D eigenvalue weighted by molar-refractivity contribution is -0.122. The molecule has 1 heterocycles. The molecule has 1 atom stereocenters. The van der Waals surface area contributed by atoms with Crippen molar-refractivity contribution in [3.8, 4) is 0 Å². The number of anilines is 2. The molecule has 25 heavy (non-hydrogen) atoms. The fourth-order valence-corrected chi connectivity index (χ4v) is 2.40. The van der Waals surface area contributed by atoms with E-state index in [1.165, 1.54) is 0 Å². The SMILES string of the molecule is Cc1cc(NC(=O)[C@@H](C)N(C)CC(=O)Nc2c(C)cccc2C)on1. The minimum absolute atomic E-state index is 0.0950. The first kappa shape index (κ1) is 18.7. The predicted molar refractivity (Wildman–Crippen MR) is 96.5 cm³/mol. The lowest BCUT2D eigenvalue weighted by Gasteiger charge is -2.23. The summed E-state index contributed by atoms with van der Waals surface area (Å²) in [5.74, 6) is -0.142. The molecule has 134 valence electrons. The highest BCUT2D eigenvalue weighted by Gasteiger charge is 2.21. The molecule has 2 aromatic rings. The molecule has 7 nitrogen and oxygen atoms in total. The van der Waals surface area contributed by atoms with Gasteiger partial charge in [-0.2, -0.15) is 0 Å². The van der Waals surface area contributed by atoms with Crippen LogP contribution < -0.4 is 10.6 Å². The van der Waals surface area contributed by atoms with Crippen LogP contribution in [0.2, 0.25) is 0 Å². The molecule has 0 radical (unpaired) electrons. The van der Waals surface area contributed by atoms with Crippen LogP contribution in [0.4, 0.5) is 11.6 Å². The van der Waals surface area contributed by atoms with Crippen LogP contribution in [0.15, 0.2) is 28.8 Å². The molecular formula is C18H24N4O3. The van der Waals surface area contributed by atoms with Gasteiger partial charge in [-0.1, -0.05) is 23.4 Å². The fourth-order valence-electron chi connectivity index (χ4n) is 2.40. The smallest absolute Gasteiger partial charge is 0.243 e. The van der Waals surface area contributed by atoms with Crippen LogP contribution in [0.1, 0.15) is 23.7 Å². The van der Waals surface area contributed by atoms with Crippen LogP contribution >= 0.6 is 0 Å². The highest BCUT2D eigenvalue weighted by atomic mass is 16.5. The van der Waals surface area contributed by atoms with Gasteiger partial charge < -0.3 is 9.84 Å². The van der Waals surface area contributed by atoms with Crippen LogP contribution in [-0.2, 0) is 9.59 Å². The van der Waals surface area contributed by atoms with Crippen molar-refractivity contribution in [3.63, 3.8) is 0 Å². The van der Waals surface area contributed by atoms with E-state index in [-0.39, 0.29) is 18.4 Å². The Balaban J connectivity index is 1.92. The van der Waals surface area contributed by atoms with Gasteiger partial charge in [-0.25, -0.2) is 0 Å². The van der Waals surface area contributed by atoms with Crippen LogP contribution in [0.3, 0.4) is 0 Å². The number of aryl methyl sites for hydroxylation is 3. The van der Waals surface area contributed by atoms with Crippen LogP contribution in [-0.4, -0.2) is 41.5 Å². The summed E-state index contributed by atoms with van der Waals surface area (Å²) >= 11 is 0. The van der Waals surface area contributed by atoms with Gasteiger partial charge >= 0.3 is 0 Å². The summed E-state index contributed by atoms with van der Waals surface area (Å²) in [6.45, 7) is 7.48. The molecule has 0 aliphatic heterocycles. The Hall–Kier alpha value is -2.67. The first-order valence-corrected chi connectivity index (χ1v) is 8.08. The van der Waals surface area contributed by atoms with Gasteiger partial charge in [0, 0.05) is 11.8 Å². The van der Waals surface area contributed by atoms with E-state index in [0.29, 0.717) is 11.6 Å². The second-order valence-corrected chi connectivity index (χ2v) is 6.23. The predicted octanol–water partition coefficient (Wildman–Crippen LogP) is 2.50. The molecule has 0 aliphatic rings. The Bertz CT molecular complexity index is 749. The van der Waals surface area contributed by atoms with Gasteiger partial charge in [0.1, 0.15) is 0 Å². The minimum Gasteiger partial charge on any atom is -0.338 e. The van der Waals surface area contributed by atoms with Crippen LogP contribution in [0.5, 0.6) is 0 Å². The summed E-state index contributed by atoms with van der Waals surface area (Å²) < 4.78 is 4.97. The molecule has 0 bridgehead atoms. The number of benzene rings is 1. The summed E-state index contributed by atoms with van der Waals surface area (Å²) in [4.78, 5) is 26.2. The maximum Gasteiger partial charge on any atom is 0.243 e. The molecule has 0 fully saturated rings. The van der Waals surface area contributed by atoms with E-state index >= 15 is 0 Å². The number of hydrogen-bond donors (Lipinski definition) is 2. The maximum absolute atomic E-state index is 12.3. The first-order valence-electron chi connectivity index (χ1n) is 8.08. The number of amides is 2. The summed E-state index contributed by atoms with van der Waals surface area (Å²) in [6.07, 6.45) is 0. The summed E-state index contributed by atoms with van der Waals surface area (Å²) in [5.41, 5.74) is 3.50. The lowest BCUT2D eigenvalue weighted by atomic mass is 10.1. The van der Waals surface area contributed by atoms with E-state index in [2.05, 4.69) is 15.8 Å². The normalized spacial score (nSPS) is 12.1. The van der Waals surface area contributed by atoms with Gasteiger partial charge in [0.2, 0.25) is 17.7 Å². The van der Waals surface area contributed by atoms with Crippen molar-refractivity contribution < 1.29 is 14.1 Å². The van der Waals surface area contributed by atoms with Gasteiger partial charge in [0.15, 0.2) is 0 Å². The number of hydrogen-bond acceptors (Lipinski definition) is 5. The van der Waals surface area contributed by atoms with Gasteiger partial charge in [-0.05, 0) is 45.9 Å². The van der Waals surface area contributed by atoms with Crippen molar-refractivity contribution in [2.75, 3.05) is 24.2 Å². The number of nitrogens with one attached hydrogen (secondary N) is 2. The Labute approximate surface area is 147 Å². The van der Waals surface area contributed by atoms with Crippen molar-refractivity contribution in [2.45, 2.75) is 33.7 Å². The van der Waals surface area contributed by atoms with E-state index in [9.17, 15) is 9.59 Å². The molecular weight excluding hydrogens is 320 g/mol. The number of para-hydroxylation sites is 1. The second-order valence-electron chi connectivity index (χ2n) is 6.23. The summed E-state index contributed by atoms with van der Waals surface area (Å²) in [5, 5.41) is 9.28. The highest BCUT2D eigenvalue weighted by molar-refractivity contribution is 5.96. The average Bonchev–Trinajstić information content (AvgIpc) is 2.95. The topological polar surface area (TPSA) is 87.5 Å². The lowest BCUT2D eigenvalue weighted by Crippen LogP contribution is -2.43. The van der Waals surface area contributed by atoms with E-state index in [0.717, 1.165) is 16.8 Å². The second kappa shape index (κ2) is 7.94. The number of carbonyl (C=O) groups excluding carboxylic acids is 2. The zero-order valence-electron chi connectivity index (χ0n) is 15.2. The molecule has 0 aliphatic carbocycles. The Kier molecular flexibility index (Phi) is 5.93.